The average Bonchev–Trinajstić information content (AvgIpc) is 2.61. The summed E-state index contributed by atoms with van der Waals surface area (Å²) in [6.07, 6.45) is 1.20. The molecular formula is C19H33N3O2S. The van der Waals surface area contributed by atoms with Crippen molar-refractivity contribution in [2.75, 3.05) is 45.9 Å². The lowest BCUT2D eigenvalue weighted by Gasteiger charge is -2.33. The van der Waals surface area contributed by atoms with Gasteiger partial charge in [0.25, 0.3) is 0 Å². The Kier molecular flexibility index (Phi) is 8.89. The van der Waals surface area contributed by atoms with Gasteiger partial charge < -0.3 is 20.3 Å². The number of piperazine rings is 1. The zero-order chi connectivity index (χ0) is 18.1. The van der Waals surface area contributed by atoms with Gasteiger partial charge in [0.2, 0.25) is 0 Å². The molecular weight excluding hydrogens is 334 g/mol. The first-order chi connectivity index (χ1) is 12.3. The van der Waals surface area contributed by atoms with Crippen LogP contribution in [-0.4, -0.2) is 66.3 Å². The summed E-state index contributed by atoms with van der Waals surface area (Å²) in [7, 11) is -0.902. The summed E-state index contributed by atoms with van der Waals surface area (Å²) in [6.45, 7) is 13.0. The Morgan fingerprint density at radius 1 is 1.24 bits per heavy atom. The first kappa shape index (κ1) is 20.4. The minimum absolute atomic E-state index is 0.262. The van der Waals surface area contributed by atoms with Gasteiger partial charge in [-0.05, 0) is 37.2 Å². The summed E-state index contributed by atoms with van der Waals surface area (Å²) in [5.74, 6) is 0.854. The lowest BCUT2D eigenvalue weighted by molar-refractivity contribution is 0.158. The van der Waals surface area contributed by atoms with E-state index < -0.39 is 10.8 Å². The Labute approximate surface area is 155 Å². The van der Waals surface area contributed by atoms with E-state index in [1.807, 2.05) is 38.1 Å². The third-order valence-corrected chi connectivity index (χ3v) is 6.11. The standard InChI is InChI=1S/C17H27N3O2S.C2H6/c1-2-8-20-9-7-19-14(12-20)13-22-15-3-5-16(6-4-15)23(21)17-10-18-11-17;1-2/h3-6,14,17-19H,2,7-13H2,1H3;1-2H3. The Morgan fingerprint density at radius 3 is 2.56 bits per heavy atom. The number of benzene rings is 1. The molecule has 2 saturated heterocycles. The number of ether oxygens (including phenoxy) is 1. The summed E-state index contributed by atoms with van der Waals surface area (Å²) in [4.78, 5) is 3.39. The Morgan fingerprint density at radius 2 is 1.96 bits per heavy atom. The zero-order valence-corrected chi connectivity index (χ0v) is 16.6. The molecule has 0 bridgehead atoms. The highest BCUT2D eigenvalue weighted by Gasteiger charge is 2.24. The molecule has 2 unspecified atom stereocenters. The van der Waals surface area contributed by atoms with Crippen LogP contribution in [0.3, 0.4) is 0 Å². The van der Waals surface area contributed by atoms with Crippen LogP contribution in [0, 0.1) is 0 Å². The Balaban J connectivity index is 0.00000109. The maximum Gasteiger partial charge on any atom is 0.119 e. The summed E-state index contributed by atoms with van der Waals surface area (Å²) in [5.41, 5.74) is 0. The molecule has 0 aliphatic carbocycles. The normalized spacial score (nSPS) is 22.4. The number of hydrogen-bond donors (Lipinski definition) is 2. The maximum atomic E-state index is 12.3. The second kappa shape index (κ2) is 10.9. The fourth-order valence-corrected chi connectivity index (χ4v) is 4.33. The molecule has 3 rings (SSSR count). The van der Waals surface area contributed by atoms with E-state index in [9.17, 15) is 4.21 Å². The molecule has 1 aromatic rings. The second-order valence-corrected chi connectivity index (χ2v) is 8.04. The molecule has 2 aliphatic heterocycles. The van der Waals surface area contributed by atoms with Crippen LogP contribution in [0.2, 0.25) is 0 Å². The Hall–Kier alpha value is -0.950. The van der Waals surface area contributed by atoms with Crippen LogP contribution < -0.4 is 15.4 Å². The van der Waals surface area contributed by atoms with E-state index in [-0.39, 0.29) is 5.25 Å². The quantitative estimate of drug-likeness (QED) is 0.770. The molecule has 0 aromatic heterocycles. The van der Waals surface area contributed by atoms with Gasteiger partial charge in [0.15, 0.2) is 0 Å². The van der Waals surface area contributed by atoms with E-state index in [0.717, 1.165) is 49.9 Å². The van der Waals surface area contributed by atoms with Gasteiger partial charge in [-0.3, -0.25) is 4.21 Å². The first-order valence-electron chi connectivity index (χ1n) is 9.56. The molecule has 2 aliphatic rings. The molecule has 0 radical (unpaired) electrons. The van der Waals surface area contributed by atoms with Crippen molar-refractivity contribution >= 4 is 10.8 Å². The molecule has 0 saturated carbocycles. The van der Waals surface area contributed by atoms with Crippen molar-refractivity contribution in [1.82, 2.24) is 15.5 Å². The molecule has 1 aromatic carbocycles. The van der Waals surface area contributed by atoms with E-state index >= 15 is 0 Å². The van der Waals surface area contributed by atoms with Gasteiger partial charge in [-0.1, -0.05) is 20.8 Å². The van der Waals surface area contributed by atoms with Gasteiger partial charge in [0, 0.05) is 37.6 Å². The lowest BCUT2D eigenvalue weighted by atomic mass is 10.2. The predicted molar refractivity (Wildman–Crippen MR) is 105 cm³/mol. The molecule has 142 valence electrons. The van der Waals surface area contributed by atoms with Crippen molar-refractivity contribution < 1.29 is 8.95 Å². The summed E-state index contributed by atoms with van der Waals surface area (Å²) in [6, 6.07) is 8.12. The summed E-state index contributed by atoms with van der Waals surface area (Å²) >= 11 is 0. The van der Waals surface area contributed by atoms with Crippen LogP contribution in [0.15, 0.2) is 29.2 Å². The highest BCUT2D eigenvalue weighted by Crippen LogP contribution is 2.19. The van der Waals surface area contributed by atoms with Crippen molar-refractivity contribution in [2.45, 2.75) is 43.4 Å². The summed E-state index contributed by atoms with van der Waals surface area (Å²) < 4.78 is 18.2. The number of hydrogen-bond acceptors (Lipinski definition) is 5. The van der Waals surface area contributed by atoms with Crippen LogP contribution in [0.4, 0.5) is 0 Å². The third-order valence-electron chi connectivity index (χ3n) is 4.43. The summed E-state index contributed by atoms with van der Waals surface area (Å²) in [5, 5.41) is 6.94. The van der Waals surface area contributed by atoms with Crippen LogP contribution in [-0.2, 0) is 10.8 Å². The van der Waals surface area contributed by atoms with E-state index in [1.165, 1.54) is 6.42 Å². The van der Waals surface area contributed by atoms with Crippen LogP contribution >= 0.6 is 0 Å². The Bertz CT molecular complexity index is 518. The minimum atomic E-state index is -0.902. The van der Waals surface area contributed by atoms with Crippen molar-refractivity contribution in [2.24, 2.45) is 0 Å². The zero-order valence-electron chi connectivity index (χ0n) is 15.8. The number of nitrogens with zero attached hydrogens (tertiary/aromatic N) is 1. The largest absolute Gasteiger partial charge is 0.492 e. The van der Waals surface area contributed by atoms with Crippen LogP contribution in [0.25, 0.3) is 0 Å². The monoisotopic (exact) mass is 367 g/mol. The van der Waals surface area contributed by atoms with Crippen LogP contribution in [0.1, 0.15) is 27.2 Å². The predicted octanol–water partition coefficient (Wildman–Crippen LogP) is 1.85. The number of rotatable bonds is 7. The van der Waals surface area contributed by atoms with Crippen molar-refractivity contribution in [3.63, 3.8) is 0 Å². The first-order valence-corrected chi connectivity index (χ1v) is 10.8. The lowest BCUT2D eigenvalue weighted by Crippen LogP contribution is -2.53. The van der Waals surface area contributed by atoms with Gasteiger partial charge in [0.05, 0.1) is 22.1 Å². The fourth-order valence-electron chi connectivity index (χ4n) is 3.00. The highest BCUT2D eigenvalue weighted by molar-refractivity contribution is 7.85. The maximum absolute atomic E-state index is 12.3. The molecule has 0 spiro atoms. The number of nitrogens with one attached hydrogen (secondary N) is 2. The molecule has 0 amide bonds. The molecule has 6 heteroatoms. The molecule has 2 N–H and O–H groups in total. The SMILES string of the molecule is CC.CCCN1CCNC(COc2ccc(S(=O)C3CNC3)cc2)C1. The minimum Gasteiger partial charge on any atom is -0.492 e. The third kappa shape index (κ3) is 6.06. The van der Waals surface area contributed by atoms with E-state index in [1.54, 1.807) is 0 Å². The molecule has 25 heavy (non-hydrogen) atoms. The fraction of sp³-hybridized carbons (Fsp3) is 0.684. The molecule has 2 atom stereocenters. The highest BCUT2D eigenvalue weighted by atomic mass is 32.2. The molecule has 2 heterocycles. The van der Waals surface area contributed by atoms with Gasteiger partial charge in [-0.15, -0.1) is 0 Å². The smallest absolute Gasteiger partial charge is 0.119 e. The topological polar surface area (TPSA) is 53.6 Å². The van der Waals surface area contributed by atoms with E-state index in [0.29, 0.717) is 12.6 Å². The van der Waals surface area contributed by atoms with Gasteiger partial charge in [-0.2, -0.15) is 0 Å². The van der Waals surface area contributed by atoms with Crippen molar-refractivity contribution in [3.05, 3.63) is 24.3 Å². The van der Waals surface area contributed by atoms with Crippen molar-refractivity contribution in [1.29, 1.82) is 0 Å². The van der Waals surface area contributed by atoms with Gasteiger partial charge >= 0.3 is 0 Å². The van der Waals surface area contributed by atoms with Crippen LogP contribution in [0.5, 0.6) is 5.75 Å². The molecule has 5 nitrogen and oxygen atoms in total. The van der Waals surface area contributed by atoms with E-state index in [4.69, 9.17) is 4.74 Å². The average molecular weight is 368 g/mol. The second-order valence-electron chi connectivity index (χ2n) is 6.31. The van der Waals surface area contributed by atoms with Gasteiger partial charge in [0.1, 0.15) is 12.4 Å². The van der Waals surface area contributed by atoms with Gasteiger partial charge in [-0.25, -0.2) is 0 Å². The molecule has 2 fully saturated rings. The van der Waals surface area contributed by atoms with E-state index in [2.05, 4.69) is 22.5 Å². The van der Waals surface area contributed by atoms with Crippen molar-refractivity contribution in [3.8, 4) is 5.75 Å².